The summed E-state index contributed by atoms with van der Waals surface area (Å²) >= 11 is 1.39. The number of hydrogen-bond donors (Lipinski definition) is 2. The molecule has 2 N–H and O–H groups in total. The third-order valence-electron chi connectivity index (χ3n) is 3.44. The predicted molar refractivity (Wildman–Crippen MR) is 93.7 cm³/mol. The van der Waals surface area contributed by atoms with Gasteiger partial charge in [0.15, 0.2) is 0 Å². The molecule has 0 aliphatic heterocycles. The molecular weight excluding hydrogens is 308 g/mol. The van der Waals surface area contributed by atoms with Crippen LogP contribution >= 0.6 is 11.3 Å². The van der Waals surface area contributed by atoms with Crippen molar-refractivity contribution in [2.45, 2.75) is 25.7 Å². The second-order valence-corrected chi connectivity index (χ2v) is 6.22. The van der Waals surface area contributed by atoms with Crippen LogP contribution in [0, 0.1) is 0 Å². The first kappa shape index (κ1) is 17.2. The monoisotopic (exact) mass is 330 g/mol. The second kappa shape index (κ2) is 9.79. The molecule has 2 aromatic rings. The lowest BCUT2D eigenvalue weighted by Gasteiger charge is -2.06. The van der Waals surface area contributed by atoms with Crippen LogP contribution in [0.2, 0.25) is 0 Å². The molecule has 0 bridgehead atoms. The summed E-state index contributed by atoms with van der Waals surface area (Å²) in [7, 11) is 0. The first-order valence-electron chi connectivity index (χ1n) is 7.88. The van der Waals surface area contributed by atoms with E-state index in [4.69, 9.17) is 0 Å². The molecule has 2 rings (SSSR count). The van der Waals surface area contributed by atoms with E-state index in [1.165, 1.54) is 16.9 Å². The minimum atomic E-state index is -0.115. The van der Waals surface area contributed by atoms with Crippen molar-refractivity contribution in [3.05, 3.63) is 58.3 Å². The van der Waals surface area contributed by atoms with Gasteiger partial charge in [-0.05, 0) is 36.3 Å². The maximum Gasteiger partial charge on any atom is 0.261 e. The number of thiophene rings is 1. The van der Waals surface area contributed by atoms with Gasteiger partial charge in [-0.2, -0.15) is 0 Å². The second-order valence-electron chi connectivity index (χ2n) is 5.28. The fourth-order valence-corrected chi connectivity index (χ4v) is 2.84. The van der Waals surface area contributed by atoms with Crippen LogP contribution in [0.1, 0.15) is 34.5 Å². The van der Waals surface area contributed by atoms with Crippen molar-refractivity contribution in [2.24, 2.45) is 0 Å². The fourth-order valence-electron chi connectivity index (χ4n) is 2.20. The highest BCUT2D eigenvalue weighted by Crippen LogP contribution is 2.07. The van der Waals surface area contributed by atoms with E-state index in [0.717, 1.165) is 19.3 Å². The molecule has 23 heavy (non-hydrogen) atoms. The molecule has 0 spiro atoms. The lowest BCUT2D eigenvalue weighted by atomic mass is 10.1. The number of unbranched alkanes of at least 4 members (excludes halogenated alkanes) is 1. The molecule has 0 aliphatic carbocycles. The largest absolute Gasteiger partial charge is 0.356 e. The highest BCUT2D eigenvalue weighted by molar-refractivity contribution is 7.12. The third kappa shape index (κ3) is 6.65. The van der Waals surface area contributed by atoms with Gasteiger partial charge in [-0.25, -0.2) is 0 Å². The Morgan fingerprint density at radius 2 is 1.74 bits per heavy atom. The minimum Gasteiger partial charge on any atom is -0.356 e. The van der Waals surface area contributed by atoms with Crippen LogP contribution in [-0.4, -0.2) is 24.9 Å². The van der Waals surface area contributed by atoms with E-state index in [0.29, 0.717) is 24.4 Å². The zero-order valence-corrected chi connectivity index (χ0v) is 13.9. The van der Waals surface area contributed by atoms with Crippen LogP contribution < -0.4 is 10.6 Å². The van der Waals surface area contributed by atoms with Crippen molar-refractivity contribution in [1.29, 1.82) is 0 Å². The van der Waals surface area contributed by atoms with Gasteiger partial charge in [0.05, 0.1) is 4.88 Å². The van der Waals surface area contributed by atoms with Crippen molar-refractivity contribution >= 4 is 23.2 Å². The van der Waals surface area contributed by atoms with Crippen molar-refractivity contribution in [3.8, 4) is 0 Å². The summed E-state index contributed by atoms with van der Waals surface area (Å²) in [5.74, 6) is -0.133. The van der Waals surface area contributed by atoms with Gasteiger partial charge < -0.3 is 10.6 Å². The van der Waals surface area contributed by atoms with E-state index in [-0.39, 0.29) is 11.8 Å². The number of hydrogen-bond acceptors (Lipinski definition) is 3. The van der Waals surface area contributed by atoms with E-state index < -0.39 is 0 Å². The van der Waals surface area contributed by atoms with E-state index >= 15 is 0 Å². The standard InChI is InChI=1S/C18H22N2O2S/c21-17(11-13-20-18(22)16-10-6-14-23-16)19-12-5-4-9-15-7-2-1-3-8-15/h1-3,6-8,10,14H,4-5,9,11-13H2,(H,19,21)(H,20,22). The van der Waals surface area contributed by atoms with Crippen molar-refractivity contribution < 1.29 is 9.59 Å². The topological polar surface area (TPSA) is 58.2 Å². The van der Waals surface area contributed by atoms with Crippen molar-refractivity contribution in [1.82, 2.24) is 10.6 Å². The Bertz CT molecular complexity index is 597. The fraction of sp³-hybridized carbons (Fsp3) is 0.333. The zero-order chi connectivity index (χ0) is 16.3. The molecule has 1 heterocycles. The molecule has 0 fully saturated rings. The maximum atomic E-state index is 11.7. The number of benzene rings is 1. The molecule has 0 atom stereocenters. The first-order chi connectivity index (χ1) is 11.3. The highest BCUT2D eigenvalue weighted by atomic mass is 32.1. The van der Waals surface area contributed by atoms with Crippen LogP contribution in [0.15, 0.2) is 47.8 Å². The number of carbonyl (C=O) groups excluding carboxylic acids is 2. The molecule has 4 nitrogen and oxygen atoms in total. The number of amides is 2. The number of nitrogens with one attached hydrogen (secondary N) is 2. The lowest BCUT2D eigenvalue weighted by Crippen LogP contribution is -2.30. The van der Waals surface area contributed by atoms with Gasteiger partial charge in [-0.1, -0.05) is 36.4 Å². The van der Waals surface area contributed by atoms with E-state index in [9.17, 15) is 9.59 Å². The van der Waals surface area contributed by atoms with Gasteiger partial charge in [0.2, 0.25) is 5.91 Å². The summed E-state index contributed by atoms with van der Waals surface area (Å²) in [4.78, 5) is 24.0. The third-order valence-corrected chi connectivity index (χ3v) is 4.31. The first-order valence-corrected chi connectivity index (χ1v) is 8.76. The van der Waals surface area contributed by atoms with Gasteiger partial charge in [-0.15, -0.1) is 11.3 Å². The van der Waals surface area contributed by atoms with Gasteiger partial charge in [0.25, 0.3) is 5.91 Å². The van der Waals surface area contributed by atoms with Gasteiger partial charge in [-0.3, -0.25) is 9.59 Å². The average molecular weight is 330 g/mol. The maximum absolute atomic E-state index is 11.7. The van der Waals surface area contributed by atoms with Crippen molar-refractivity contribution in [2.75, 3.05) is 13.1 Å². The average Bonchev–Trinajstić information content (AvgIpc) is 3.10. The van der Waals surface area contributed by atoms with E-state index in [1.54, 1.807) is 6.07 Å². The molecule has 0 saturated heterocycles. The Labute approximate surface area is 140 Å². The SMILES string of the molecule is O=C(CCNC(=O)c1cccs1)NCCCCc1ccccc1. The molecule has 122 valence electrons. The van der Waals surface area contributed by atoms with E-state index in [1.807, 2.05) is 29.6 Å². The molecule has 2 amide bonds. The highest BCUT2D eigenvalue weighted by Gasteiger charge is 2.06. The van der Waals surface area contributed by atoms with Crippen LogP contribution in [0.4, 0.5) is 0 Å². The summed E-state index contributed by atoms with van der Waals surface area (Å²) < 4.78 is 0. The van der Waals surface area contributed by atoms with Crippen molar-refractivity contribution in [3.63, 3.8) is 0 Å². The summed E-state index contributed by atoms with van der Waals surface area (Å²) in [6, 6.07) is 13.9. The molecular formula is C18H22N2O2S. The number of carbonyl (C=O) groups is 2. The van der Waals surface area contributed by atoms with Crippen LogP contribution in [-0.2, 0) is 11.2 Å². The molecule has 1 aromatic carbocycles. The summed E-state index contributed by atoms with van der Waals surface area (Å²) in [6.07, 6.45) is 3.37. The quantitative estimate of drug-likeness (QED) is 0.694. The van der Waals surface area contributed by atoms with Crippen LogP contribution in [0.25, 0.3) is 0 Å². The molecule has 0 unspecified atom stereocenters. The minimum absolute atomic E-state index is 0.0174. The number of rotatable bonds is 9. The Morgan fingerprint density at radius 3 is 2.48 bits per heavy atom. The molecule has 5 heteroatoms. The number of aryl methyl sites for hydroxylation is 1. The Hall–Kier alpha value is -2.14. The zero-order valence-electron chi connectivity index (χ0n) is 13.1. The molecule has 1 aromatic heterocycles. The smallest absolute Gasteiger partial charge is 0.261 e. The normalized spacial score (nSPS) is 10.3. The van der Waals surface area contributed by atoms with Gasteiger partial charge in [0.1, 0.15) is 0 Å². The summed E-state index contributed by atoms with van der Waals surface area (Å²) in [5, 5.41) is 7.50. The molecule has 0 radical (unpaired) electrons. The molecule has 0 saturated carbocycles. The van der Waals surface area contributed by atoms with Gasteiger partial charge in [0, 0.05) is 19.5 Å². The Morgan fingerprint density at radius 1 is 0.913 bits per heavy atom. The van der Waals surface area contributed by atoms with E-state index in [2.05, 4.69) is 22.8 Å². The predicted octanol–water partition coefficient (Wildman–Crippen LogP) is 3.01. The summed E-state index contributed by atoms with van der Waals surface area (Å²) in [5.41, 5.74) is 1.33. The van der Waals surface area contributed by atoms with Gasteiger partial charge >= 0.3 is 0 Å². The van der Waals surface area contributed by atoms with Crippen LogP contribution in [0.3, 0.4) is 0 Å². The summed E-state index contributed by atoms with van der Waals surface area (Å²) in [6.45, 7) is 1.05. The Balaban J connectivity index is 1.49. The lowest BCUT2D eigenvalue weighted by molar-refractivity contribution is -0.120. The Kier molecular flexibility index (Phi) is 7.33. The molecule has 0 aliphatic rings. The van der Waals surface area contributed by atoms with Crippen LogP contribution in [0.5, 0.6) is 0 Å².